The number of unbranched alkanes of at least 4 members (excludes halogenated alkanes) is 2. The second-order valence-corrected chi connectivity index (χ2v) is 8.50. The third-order valence-corrected chi connectivity index (χ3v) is 6.05. The molecule has 0 aromatic heterocycles. The molecule has 0 fully saturated rings. The molecular formula is C25H32Cl2O2. The molecule has 4 heteroatoms. The van der Waals surface area contributed by atoms with Gasteiger partial charge in [-0.05, 0) is 55.9 Å². The van der Waals surface area contributed by atoms with Gasteiger partial charge in [0.25, 0.3) is 0 Å². The molecule has 0 saturated heterocycles. The Morgan fingerprint density at radius 1 is 0.931 bits per heavy atom. The highest BCUT2D eigenvalue weighted by atomic mass is 35.5. The molecule has 0 radical (unpaired) electrons. The van der Waals surface area contributed by atoms with Crippen LogP contribution in [0.5, 0.6) is 0 Å². The lowest BCUT2D eigenvalue weighted by Crippen LogP contribution is -2.15. The van der Waals surface area contributed by atoms with Crippen LogP contribution in [0.1, 0.15) is 75.8 Å². The molecule has 0 saturated carbocycles. The molecule has 158 valence electrons. The Balaban J connectivity index is 1.92. The van der Waals surface area contributed by atoms with Crippen LogP contribution in [0.2, 0.25) is 10.0 Å². The van der Waals surface area contributed by atoms with Crippen molar-refractivity contribution < 1.29 is 9.53 Å². The van der Waals surface area contributed by atoms with Gasteiger partial charge in [-0.1, -0.05) is 85.8 Å². The molecule has 2 aromatic rings. The lowest BCUT2D eigenvalue weighted by molar-refractivity contribution is -0.118. The molecule has 2 nitrogen and oxygen atoms in total. The number of ether oxygens (including phenoxy) is 1. The summed E-state index contributed by atoms with van der Waals surface area (Å²) in [7, 11) is 0. The Kier molecular flexibility index (Phi) is 10.8. The average Bonchev–Trinajstić information content (AvgIpc) is 2.71. The van der Waals surface area contributed by atoms with Crippen molar-refractivity contribution in [3.8, 4) is 0 Å². The summed E-state index contributed by atoms with van der Waals surface area (Å²) in [6.45, 7) is 4.51. The van der Waals surface area contributed by atoms with Crippen LogP contribution in [0.3, 0.4) is 0 Å². The van der Waals surface area contributed by atoms with Gasteiger partial charge in [-0.2, -0.15) is 0 Å². The summed E-state index contributed by atoms with van der Waals surface area (Å²) in [5.41, 5.74) is 2.14. The first-order valence-corrected chi connectivity index (χ1v) is 11.4. The molecule has 2 rings (SSSR count). The van der Waals surface area contributed by atoms with E-state index in [1.807, 2.05) is 30.3 Å². The lowest BCUT2D eigenvalue weighted by Gasteiger charge is -2.20. The van der Waals surface area contributed by atoms with E-state index < -0.39 is 0 Å². The number of halogens is 2. The number of ketones is 1. The highest BCUT2D eigenvalue weighted by molar-refractivity contribution is 6.42. The van der Waals surface area contributed by atoms with Crippen molar-refractivity contribution in [1.82, 2.24) is 0 Å². The van der Waals surface area contributed by atoms with Gasteiger partial charge in [-0.25, -0.2) is 0 Å². The second kappa shape index (κ2) is 13.1. The predicted molar refractivity (Wildman–Crippen MR) is 123 cm³/mol. The fraction of sp³-hybridized carbons (Fsp3) is 0.480. The van der Waals surface area contributed by atoms with Crippen LogP contribution < -0.4 is 0 Å². The minimum absolute atomic E-state index is 0.143. The summed E-state index contributed by atoms with van der Waals surface area (Å²) in [6, 6.07) is 15.8. The number of carbonyl (C=O) groups excluding carboxylic acids is 1. The zero-order chi connectivity index (χ0) is 21.1. The van der Waals surface area contributed by atoms with Gasteiger partial charge < -0.3 is 4.74 Å². The van der Waals surface area contributed by atoms with Gasteiger partial charge >= 0.3 is 0 Å². The number of carbonyl (C=O) groups is 1. The number of benzene rings is 2. The van der Waals surface area contributed by atoms with Crippen molar-refractivity contribution in [3.63, 3.8) is 0 Å². The van der Waals surface area contributed by atoms with Crippen LogP contribution in [0.4, 0.5) is 0 Å². The quantitative estimate of drug-likeness (QED) is 0.298. The first-order valence-electron chi connectivity index (χ1n) is 10.6. The van der Waals surface area contributed by atoms with Gasteiger partial charge in [0.2, 0.25) is 0 Å². The Labute approximate surface area is 185 Å². The molecule has 0 aliphatic rings. The fourth-order valence-electron chi connectivity index (χ4n) is 3.60. The molecule has 0 N–H and O–H groups in total. The number of hydrogen-bond donors (Lipinski definition) is 0. The smallest absolute Gasteiger partial charge is 0.137 e. The Hall–Kier alpha value is -1.35. The standard InChI is InChI=1S/C25H32Cl2O2/c1-3-4-6-12-22(29-18-20-10-7-5-8-11-20)13-9-14-23(19(2)28)21-15-16-24(26)25(27)17-21/h5,7-8,10-11,15-17,22-23H,3-4,6,9,12-14,18H2,1-2H3. The van der Waals surface area contributed by atoms with E-state index in [9.17, 15) is 4.79 Å². The summed E-state index contributed by atoms with van der Waals surface area (Å²) >= 11 is 12.2. The van der Waals surface area contributed by atoms with Crippen molar-refractivity contribution in [2.75, 3.05) is 0 Å². The van der Waals surface area contributed by atoms with Gasteiger partial charge in [0.15, 0.2) is 0 Å². The normalized spacial score (nSPS) is 13.2. The van der Waals surface area contributed by atoms with E-state index in [1.54, 1.807) is 13.0 Å². The van der Waals surface area contributed by atoms with E-state index in [1.165, 1.54) is 24.8 Å². The van der Waals surface area contributed by atoms with Crippen LogP contribution in [-0.2, 0) is 16.1 Å². The number of Topliss-reactive ketones (excluding diaryl/α,β-unsaturated/α-hetero) is 1. The third kappa shape index (κ3) is 8.50. The van der Waals surface area contributed by atoms with Gasteiger partial charge in [0.05, 0.1) is 22.8 Å². The predicted octanol–water partition coefficient (Wildman–Crippen LogP) is 8.00. The third-order valence-electron chi connectivity index (χ3n) is 5.31. The summed E-state index contributed by atoms with van der Waals surface area (Å²) in [4.78, 5) is 12.2. The topological polar surface area (TPSA) is 26.3 Å². The Bertz CT molecular complexity index is 746. The molecule has 2 aromatic carbocycles. The van der Waals surface area contributed by atoms with Crippen LogP contribution >= 0.6 is 23.2 Å². The van der Waals surface area contributed by atoms with Crippen molar-refractivity contribution in [2.24, 2.45) is 0 Å². The van der Waals surface area contributed by atoms with Gasteiger partial charge in [-0.15, -0.1) is 0 Å². The summed E-state index contributed by atoms with van der Waals surface area (Å²) in [6.07, 6.45) is 7.60. The van der Waals surface area contributed by atoms with Crippen molar-refractivity contribution in [1.29, 1.82) is 0 Å². The number of rotatable bonds is 13. The van der Waals surface area contributed by atoms with E-state index >= 15 is 0 Å². The Morgan fingerprint density at radius 3 is 2.31 bits per heavy atom. The highest BCUT2D eigenvalue weighted by Gasteiger charge is 2.19. The summed E-state index contributed by atoms with van der Waals surface area (Å²) in [5.74, 6) is 0.0197. The fourth-order valence-corrected chi connectivity index (χ4v) is 3.91. The van der Waals surface area contributed by atoms with E-state index in [4.69, 9.17) is 27.9 Å². The van der Waals surface area contributed by atoms with Crippen LogP contribution in [0.25, 0.3) is 0 Å². The molecule has 0 amide bonds. The van der Waals surface area contributed by atoms with E-state index in [0.29, 0.717) is 16.7 Å². The molecular weight excluding hydrogens is 403 g/mol. The molecule has 0 spiro atoms. The first-order chi connectivity index (χ1) is 14.0. The minimum atomic E-state index is -0.143. The van der Waals surface area contributed by atoms with Gasteiger partial charge in [0, 0.05) is 5.92 Å². The SMILES string of the molecule is CCCCCC(CCCC(C(C)=O)c1ccc(Cl)c(Cl)c1)OCc1ccccc1. The minimum Gasteiger partial charge on any atom is -0.374 e. The van der Waals surface area contributed by atoms with E-state index in [2.05, 4.69) is 19.1 Å². The summed E-state index contributed by atoms with van der Waals surface area (Å²) < 4.78 is 6.23. The zero-order valence-electron chi connectivity index (χ0n) is 17.5. The largest absolute Gasteiger partial charge is 0.374 e. The maximum absolute atomic E-state index is 12.2. The van der Waals surface area contributed by atoms with Crippen molar-refractivity contribution in [3.05, 3.63) is 69.7 Å². The van der Waals surface area contributed by atoms with E-state index in [-0.39, 0.29) is 17.8 Å². The van der Waals surface area contributed by atoms with Gasteiger partial charge in [0.1, 0.15) is 5.78 Å². The monoisotopic (exact) mass is 434 g/mol. The van der Waals surface area contributed by atoms with Gasteiger partial charge in [-0.3, -0.25) is 4.79 Å². The average molecular weight is 435 g/mol. The van der Waals surface area contributed by atoms with E-state index in [0.717, 1.165) is 31.2 Å². The van der Waals surface area contributed by atoms with Crippen molar-refractivity contribution >= 4 is 29.0 Å². The second-order valence-electron chi connectivity index (χ2n) is 7.68. The maximum atomic E-state index is 12.2. The van der Waals surface area contributed by atoms with Crippen LogP contribution in [0, 0.1) is 0 Å². The summed E-state index contributed by atoms with van der Waals surface area (Å²) in [5, 5.41) is 1.02. The molecule has 0 aliphatic carbocycles. The van der Waals surface area contributed by atoms with Crippen LogP contribution in [-0.4, -0.2) is 11.9 Å². The molecule has 0 heterocycles. The molecule has 0 aliphatic heterocycles. The highest BCUT2D eigenvalue weighted by Crippen LogP contribution is 2.30. The molecule has 2 unspecified atom stereocenters. The first kappa shape index (κ1) is 23.9. The molecule has 0 bridgehead atoms. The van der Waals surface area contributed by atoms with Crippen molar-refractivity contribution in [2.45, 2.75) is 77.4 Å². The lowest BCUT2D eigenvalue weighted by atomic mass is 9.89. The number of hydrogen-bond acceptors (Lipinski definition) is 2. The van der Waals surface area contributed by atoms with Crippen LogP contribution in [0.15, 0.2) is 48.5 Å². The maximum Gasteiger partial charge on any atom is 0.137 e. The molecule has 29 heavy (non-hydrogen) atoms. The Morgan fingerprint density at radius 2 is 1.66 bits per heavy atom. The molecule has 2 atom stereocenters. The zero-order valence-corrected chi connectivity index (χ0v) is 19.0.